The van der Waals surface area contributed by atoms with E-state index in [-0.39, 0.29) is 18.3 Å². The van der Waals surface area contributed by atoms with Crippen molar-refractivity contribution < 1.29 is 14.3 Å². The number of hydrogen-bond acceptors (Lipinski definition) is 3. The molecule has 0 heterocycles. The number of hydrogen-bond donors (Lipinski definition) is 2. The van der Waals surface area contributed by atoms with Gasteiger partial charge in [0.05, 0.1) is 5.56 Å². The van der Waals surface area contributed by atoms with Crippen molar-refractivity contribution in [2.45, 2.75) is 6.61 Å². The molecule has 0 atom stereocenters. The second-order valence-corrected chi connectivity index (χ2v) is 5.92. The van der Waals surface area contributed by atoms with Gasteiger partial charge in [0.25, 0.3) is 0 Å². The highest BCUT2D eigenvalue weighted by molar-refractivity contribution is 9.10. The molecule has 2 rings (SSSR count). The van der Waals surface area contributed by atoms with Crippen molar-refractivity contribution in [1.82, 2.24) is 0 Å². The van der Waals surface area contributed by atoms with Gasteiger partial charge in [-0.25, -0.2) is 4.39 Å². The fraction of sp³-hybridized carbons (Fsp3) is 0.0714. The molecular formula is C14H11Br2FN2O2. The molecule has 0 aromatic heterocycles. The number of ether oxygens (including phenoxy) is 1. The van der Waals surface area contributed by atoms with Crippen molar-refractivity contribution in [3.63, 3.8) is 0 Å². The van der Waals surface area contributed by atoms with E-state index in [1.807, 2.05) is 0 Å². The number of amidine groups is 1. The van der Waals surface area contributed by atoms with Crippen molar-refractivity contribution in [3.05, 3.63) is 62.3 Å². The first-order chi connectivity index (χ1) is 10.0. The van der Waals surface area contributed by atoms with Crippen molar-refractivity contribution >= 4 is 37.7 Å². The summed E-state index contributed by atoms with van der Waals surface area (Å²) < 4.78 is 20.1. The van der Waals surface area contributed by atoms with Crippen LogP contribution >= 0.6 is 31.9 Å². The Labute approximate surface area is 137 Å². The summed E-state index contributed by atoms with van der Waals surface area (Å²) in [4.78, 5) is 0. The topological polar surface area (TPSA) is 67.8 Å². The van der Waals surface area contributed by atoms with Gasteiger partial charge in [0, 0.05) is 14.5 Å². The van der Waals surface area contributed by atoms with Gasteiger partial charge in [-0.05, 0) is 30.3 Å². The number of nitrogens with two attached hydrogens (primary N) is 1. The molecule has 0 amide bonds. The molecular weight excluding hydrogens is 407 g/mol. The van der Waals surface area contributed by atoms with Gasteiger partial charge in [-0.1, -0.05) is 43.1 Å². The highest BCUT2D eigenvalue weighted by atomic mass is 79.9. The number of benzene rings is 2. The van der Waals surface area contributed by atoms with Crippen molar-refractivity contribution in [3.8, 4) is 5.75 Å². The van der Waals surface area contributed by atoms with Gasteiger partial charge in [0.15, 0.2) is 5.84 Å². The summed E-state index contributed by atoms with van der Waals surface area (Å²) in [5.74, 6) is 0.0841. The van der Waals surface area contributed by atoms with Gasteiger partial charge >= 0.3 is 0 Å². The van der Waals surface area contributed by atoms with E-state index in [0.717, 1.165) is 10.0 Å². The van der Waals surface area contributed by atoms with E-state index in [4.69, 9.17) is 15.7 Å². The molecule has 4 nitrogen and oxygen atoms in total. The third kappa shape index (κ3) is 3.95. The Hall–Kier alpha value is -1.60. The maximum atomic E-state index is 13.0. The molecule has 2 aromatic carbocycles. The molecule has 7 heteroatoms. The molecule has 3 N–H and O–H groups in total. The standard InChI is InChI=1S/C14H11Br2FN2O2/c15-9-2-4-13(11(5-9)14(18)19-20)21-7-8-1-3-10(17)6-12(8)16/h1-6,20H,7H2,(H2,18,19). The Balaban J connectivity index is 2.24. The van der Waals surface area contributed by atoms with E-state index in [9.17, 15) is 4.39 Å². The summed E-state index contributed by atoms with van der Waals surface area (Å²) in [6.45, 7) is 0.216. The van der Waals surface area contributed by atoms with Crippen LogP contribution in [0.1, 0.15) is 11.1 Å². The largest absolute Gasteiger partial charge is 0.488 e. The Kier molecular flexibility index (Phi) is 5.19. The summed E-state index contributed by atoms with van der Waals surface area (Å²) in [6, 6.07) is 9.52. The Bertz CT molecular complexity index is 693. The zero-order chi connectivity index (χ0) is 15.4. The van der Waals surface area contributed by atoms with Gasteiger partial charge in [-0.3, -0.25) is 0 Å². The SMILES string of the molecule is N/C(=N/O)c1cc(Br)ccc1OCc1ccc(F)cc1Br. The molecule has 0 saturated heterocycles. The van der Waals surface area contributed by atoms with E-state index < -0.39 is 0 Å². The molecule has 0 aliphatic carbocycles. The van der Waals surface area contributed by atoms with Crippen LogP contribution < -0.4 is 10.5 Å². The first kappa shape index (κ1) is 15.8. The zero-order valence-electron chi connectivity index (χ0n) is 10.7. The van der Waals surface area contributed by atoms with Crippen LogP contribution in [0, 0.1) is 5.82 Å². The minimum atomic E-state index is -0.327. The lowest BCUT2D eigenvalue weighted by Gasteiger charge is -2.12. The highest BCUT2D eigenvalue weighted by Gasteiger charge is 2.10. The molecule has 0 spiro atoms. The molecule has 0 saturated carbocycles. The van der Waals surface area contributed by atoms with Crippen LogP contribution in [0.3, 0.4) is 0 Å². The smallest absolute Gasteiger partial charge is 0.173 e. The normalized spacial score (nSPS) is 11.5. The lowest BCUT2D eigenvalue weighted by molar-refractivity contribution is 0.302. The Morgan fingerprint density at radius 3 is 2.67 bits per heavy atom. The van der Waals surface area contributed by atoms with Crippen LogP contribution in [0.25, 0.3) is 0 Å². The van der Waals surface area contributed by atoms with E-state index in [1.165, 1.54) is 12.1 Å². The molecule has 0 bridgehead atoms. The lowest BCUT2D eigenvalue weighted by atomic mass is 10.2. The van der Waals surface area contributed by atoms with Gasteiger partial charge in [-0.2, -0.15) is 0 Å². The summed E-state index contributed by atoms with van der Waals surface area (Å²) in [5, 5.41) is 11.8. The van der Waals surface area contributed by atoms with Crippen LogP contribution in [0.15, 0.2) is 50.5 Å². The third-order valence-electron chi connectivity index (χ3n) is 2.72. The van der Waals surface area contributed by atoms with Crippen molar-refractivity contribution in [1.29, 1.82) is 0 Å². The van der Waals surface area contributed by atoms with Crippen LogP contribution in [0.2, 0.25) is 0 Å². The second kappa shape index (κ2) is 6.91. The maximum Gasteiger partial charge on any atom is 0.173 e. The minimum absolute atomic E-state index is 0.0514. The molecule has 0 radical (unpaired) electrons. The fourth-order valence-corrected chi connectivity index (χ4v) is 2.50. The number of halogens is 3. The molecule has 110 valence electrons. The van der Waals surface area contributed by atoms with E-state index >= 15 is 0 Å². The fourth-order valence-electron chi connectivity index (χ4n) is 1.68. The summed E-state index contributed by atoms with van der Waals surface area (Å²) >= 11 is 6.59. The monoisotopic (exact) mass is 416 g/mol. The van der Waals surface area contributed by atoms with Gasteiger partial charge in [-0.15, -0.1) is 0 Å². The second-order valence-electron chi connectivity index (χ2n) is 4.15. The number of rotatable bonds is 4. The van der Waals surface area contributed by atoms with Crippen LogP contribution in [0.4, 0.5) is 4.39 Å². The molecule has 0 fully saturated rings. The molecule has 0 aliphatic heterocycles. The van der Waals surface area contributed by atoms with Crippen molar-refractivity contribution in [2.75, 3.05) is 0 Å². The average Bonchev–Trinajstić information content (AvgIpc) is 2.46. The first-order valence-corrected chi connectivity index (χ1v) is 7.44. The molecule has 21 heavy (non-hydrogen) atoms. The predicted molar refractivity (Wildman–Crippen MR) is 85.1 cm³/mol. The Morgan fingerprint density at radius 1 is 1.24 bits per heavy atom. The van der Waals surface area contributed by atoms with Gasteiger partial charge < -0.3 is 15.7 Å². The zero-order valence-corrected chi connectivity index (χ0v) is 13.9. The minimum Gasteiger partial charge on any atom is -0.488 e. The third-order valence-corrected chi connectivity index (χ3v) is 3.96. The van der Waals surface area contributed by atoms with Crippen LogP contribution in [-0.2, 0) is 6.61 Å². The summed E-state index contributed by atoms with van der Waals surface area (Å²) in [5.41, 5.74) is 6.87. The molecule has 0 unspecified atom stereocenters. The average molecular weight is 418 g/mol. The summed E-state index contributed by atoms with van der Waals surface area (Å²) in [6.07, 6.45) is 0. The maximum absolute atomic E-state index is 13.0. The van der Waals surface area contributed by atoms with Crippen molar-refractivity contribution in [2.24, 2.45) is 10.9 Å². The number of nitrogens with zero attached hydrogens (tertiary/aromatic N) is 1. The van der Waals surface area contributed by atoms with E-state index in [1.54, 1.807) is 24.3 Å². The van der Waals surface area contributed by atoms with Gasteiger partial charge in [0.1, 0.15) is 18.2 Å². The van der Waals surface area contributed by atoms with Crippen LogP contribution in [0.5, 0.6) is 5.75 Å². The van der Waals surface area contributed by atoms with Crippen LogP contribution in [-0.4, -0.2) is 11.0 Å². The van der Waals surface area contributed by atoms with E-state index in [0.29, 0.717) is 15.8 Å². The molecule has 2 aromatic rings. The highest BCUT2D eigenvalue weighted by Crippen LogP contribution is 2.25. The quantitative estimate of drug-likeness (QED) is 0.341. The predicted octanol–water partition coefficient (Wildman–Crippen LogP) is 4.02. The molecule has 0 aliphatic rings. The van der Waals surface area contributed by atoms with Gasteiger partial charge in [0.2, 0.25) is 0 Å². The number of oxime groups is 1. The first-order valence-electron chi connectivity index (χ1n) is 5.85. The Morgan fingerprint density at radius 2 is 2.00 bits per heavy atom. The summed E-state index contributed by atoms with van der Waals surface area (Å²) in [7, 11) is 0. The lowest BCUT2D eigenvalue weighted by Crippen LogP contribution is -2.15. The van der Waals surface area contributed by atoms with E-state index in [2.05, 4.69) is 37.0 Å².